The Kier molecular flexibility index (Phi) is 8.76. The number of hydrogen-bond acceptors (Lipinski definition) is 2. The van der Waals surface area contributed by atoms with E-state index >= 15 is 0 Å². The maximum atomic E-state index is 6.59. The van der Waals surface area contributed by atoms with E-state index in [0.717, 1.165) is 50.1 Å². The van der Waals surface area contributed by atoms with E-state index in [-0.39, 0.29) is 0 Å². The van der Waals surface area contributed by atoms with Crippen LogP contribution >= 0.6 is 0 Å². The van der Waals surface area contributed by atoms with Crippen molar-refractivity contribution < 1.29 is 4.42 Å². The summed E-state index contributed by atoms with van der Waals surface area (Å²) in [6, 6.07) is 90.2. The molecule has 0 N–H and O–H groups in total. The fourth-order valence-corrected chi connectivity index (χ4v) is 10.2. The van der Waals surface area contributed by atoms with Gasteiger partial charge in [-0.25, -0.2) is 0 Å². The van der Waals surface area contributed by atoms with Gasteiger partial charge in [0.05, 0.1) is 11.1 Å². The van der Waals surface area contributed by atoms with Crippen molar-refractivity contribution in [2.24, 2.45) is 0 Å². The van der Waals surface area contributed by atoms with Crippen LogP contribution in [0.4, 0.5) is 17.1 Å². The summed E-state index contributed by atoms with van der Waals surface area (Å²) in [5.74, 6) is 0. The highest BCUT2D eigenvalue weighted by atomic mass is 16.3. The molecule has 0 atom stereocenters. The molecule has 0 spiro atoms. The number of benzene rings is 10. The zero-order chi connectivity index (χ0) is 41.7. The molecule has 63 heavy (non-hydrogen) atoms. The molecule has 0 bridgehead atoms. The highest BCUT2D eigenvalue weighted by molar-refractivity contribution is 6.10. The minimum absolute atomic E-state index is 0.523. The van der Waals surface area contributed by atoms with Crippen molar-refractivity contribution in [1.29, 1.82) is 0 Å². The molecule has 0 unspecified atom stereocenters. The molecule has 11 aromatic rings. The average Bonchev–Trinajstić information content (AvgIpc) is 3.90. The van der Waals surface area contributed by atoms with Gasteiger partial charge in [0.2, 0.25) is 0 Å². The van der Waals surface area contributed by atoms with Crippen molar-refractivity contribution in [3.05, 3.63) is 271 Å². The molecular weight excluding hydrogens is 763 g/mol. The molecule has 12 rings (SSSR count). The number of para-hydroxylation sites is 2. The summed E-state index contributed by atoms with van der Waals surface area (Å²) >= 11 is 0. The van der Waals surface area contributed by atoms with E-state index in [1.165, 1.54) is 55.6 Å². The van der Waals surface area contributed by atoms with Gasteiger partial charge in [-0.05, 0) is 92.0 Å². The summed E-state index contributed by atoms with van der Waals surface area (Å²) < 4.78 is 6.59. The Bertz CT molecular complexity index is 3380. The first kappa shape index (κ1) is 36.6. The molecule has 0 amide bonds. The molecule has 2 nitrogen and oxygen atoms in total. The second-order valence-corrected chi connectivity index (χ2v) is 16.4. The smallest absolute Gasteiger partial charge is 0.143 e. The van der Waals surface area contributed by atoms with Gasteiger partial charge in [0.15, 0.2) is 0 Å². The molecular formula is C61H41NO. The van der Waals surface area contributed by atoms with Gasteiger partial charge >= 0.3 is 0 Å². The van der Waals surface area contributed by atoms with Crippen molar-refractivity contribution >= 4 is 39.0 Å². The predicted molar refractivity (Wildman–Crippen MR) is 262 cm³/mol. The van der Waals surface area contributed by atoms with Gasteiger partial charge in [0, 0.05) is 33.3 Å². The Labute approximate surface area is 367 Å². The van der Waals surface area contributed by atoms with Crippen LogP contribution in [0.15, 0.2) is 253 Å². The normalized spacial score (nSPS) is 12.6. The number of fused-ring (bicyclic) bond motifs is 6. The van der Waals surface area contributed by atoms with E-state index in [4.69, 9.17) is 4.42 Å². The Morgan fingerprint density at radius 2 is 0.841 bits per heavy atom. The van der Waals surface area contributed by atoms with E-state index in [1.54, 1.807) is 0 Å². The Morgan fingerprint density at radius 3 is 1.56 bits per heavy atom. The molecule has 1 heterocycles. The van der Waals surface area contributed by atoms with E-state index in [9.17, 15) is 0 Å². The monoisotopic (exact) mass is 803 g/mol. The molecule has 2 heteroatoms. The lowest BCUT2D eigenvalue weighted by Crippen LogP contribution is -2.28. The first-order chi connectivity index (χ1) is 31.3. The van der Waals surface area contributed by atoms with Crippen molar-refractivity contribution in [3.63, 3.8) is 0 Å². The third-order valence-corrected chi connectivity index (χ3v) is 13.0. The quantitative estimate of drug-likeness (QED) is 0.152. The number of anilines is 3. The zero-order valence-corrected chi connectivity index (χ0v) is 34.5. The van der Waals surface area contributed by atoms with E-state index in [1.807, 2.05) is 6.07 Å². The van der Waals surface area contributed by atoms with Gasteiger partial charge in [-0.3, -0.25) is 0 Å². The second kappa shape index (κ2) is 15.1. The molecule has 0 aliphatic heterocycles. The van der Waals surface area contributed by atoms with Crippen LogP contribution in [-0.2, 0) is 5.41 Å². The molecule has 1 aromatic heterocycles. The van der Waals surface area contributed by atoms with Crippen LogP contribution in [0.2, 0.25) is 0 Å². The first-order valence-electron chi connectivity index (χ1n) is 21.7. The lowest BCUT2D eigenvalue weighted by molar-refractivity contribution is 0.670. The fourth-order valence-electron chi connectivity index (χ4n) is 10.2. The summed E-state index contributed by atoms with van der Waals surface area (Å²) in [4.78, 5) is 2.45. The summed E-state index contributed by atoms with van der Waals surface area (Å²) in [7, 11) is 0. The molecule has 0 radical (unpaired) electrons. The standard InChI is InChI=1S/C61H41NO/c1-4-17-42(18-5-1)43-33-35-44(36-34-43)45-37-39-49(40-38-45)62(50-24-14-19-46(41-50)51-27-15-28-53-52-25-11-13-32-58(52)63-60(51)53)57-31-16-30-56-59(57)54-26-10-12-29-55(54)61(56,47-20-6-2-7-21-47)48-22-8-3-9-23-48/h1-41H. The van der Waals surface area contributed by atoms with Gasteiger partial charge in [0.25, 0.3) is 0 Å². The molecule has 1 aliphatic rings. The van der Waals surface area contributed by atoms with Crippen LogP contribution < -0.4 is 4.90 Å². The van der Waals surface area contributed by atoms with Gasteiger partial charge in [-0.1, -0.05) is 212 Å². The van der Waals surface area contributed by atoms with Crippen LogP contribution in [0.3, 0.4) is 0 Å². The highest BCUT2D eigenvalue weighted by Crippen LogP contribution is 2.59. The van der Waals surface area contributed by atoms with E-state index < -0.39 is 5.41 Å². The predicted octanol–water partition coefficient (Wildman–Crippen LogP) is 16.4. The average molecular weight is 804 g/mol. The third kappa shape index (κ3) is 5.95. The van der Waals surface area contributed by atoms with Gasteiger partial charge in [0.1, 0.15) is 11.2 Å². The Hall–Kier alpha value is -8.20. The zero-order valence-electron chi connectivity index (χ0n) is 34.5. The number of nitrogens with zero attached hydrogens (tertiary/aromatic N) is 1. The second-order valence-electron chi connectivity index (χ2n) is 16.4. The summed E-state index contributed by atoms with van der Waals surface area (Å²) in [6.45, 7) is 0. The first-order valence-corrected chi connectivity index (χ1v) is 21.7. The number of rotatable bonds is 8. The minimum Gasteiger partial charge on any atom is -0.455 e. The Morgan fingerprint density at radius 1 is 0.333 bits per heavy atom. The SMILES string of the molecule is c1ccc(-c2ccc(-c3ccc(N(c4cccc(-c5cccc6c5oc5ccccc56)c4)c4cccc5c4-c4ccccc4C5(c4ccccc4)c4ccccc4)cc3)cc2)cc1. The van der Waals surface area contributed by atoms with Crippen LogP contribution in [-0.4, -0.2) is 0 Å². The van der Waals surface area contributed by atoms with Crippen LogP contribution in [0, 0.1) is 0 Å². The molecule has 0 saturated carbocycles. The highest BCUT2D eigenvalue weighted by Gasteiger charge is 2.47. The molecule has 10 aromatic carbocycles. The summed E-state index contributed by atoms with van der Waals surface area (Å²) in [5, 5.41) is 2.24. The number of hydrogen-bond donors (Lipinski definition) is 0. The summed E-state index contributed by atoms with van der Waals surface area (Å²) in [5.41, 5.74) is 18.9. The minimum atomic E-state index is -0.523. The molecule has 1 aliphatic carbocycles. The lowest BCUT2D eigenvalue weighted by atomic mass is 9.68. The van der Waals surface area contributed by atoms with Crippen LogP contribution in [0.5, 0.6) is 0 Å². The third-order valence-electron chi connectivity index (χ3n) is 13.0. The largest absolute Gasteiger partial charge is 0.455 e. The number of furan rings is 1. The van der Waals surface area contributed by atoms with Crippen molar-refractivity contribution in [2.75, 3.05) is 4.90 Å². The Balaban J connectivity index is 1.06. The van der Waals surface area contributed by atoms with Crippen LogP contribution in [0.1, 0.15) is 22.3 Å². The fraction of sp³-hybridized carbons (Fsp3) is 0.0164. The maximum absolute atomic E-state index is 6.59. The van der Waals surface area contributed by atoms with E-state index in [2.05, 4.69) is 248 Å². The van der Waals surface area contributed by atoms with Crippen molar-refractivity contribution in [3.8, 4) is 44.5 Å². The van der Waals surface area contributed by atoms with Crippen molar-refractivity contribution in [1.82, 2.24) is 0 Å². The van der Waals surface area contributed by atoms with Crippen LogP contribution in [0.25, 0.3) is 66.4 Å². The molecule has 0 fully saturated rings. The van der Waals surface area contributed by atoms with E-state index in [0.29, 0.717) is 0 Å². The molecule has 296 valence electrons. The van der Waals surface area contributed by atoms with Gasteiger partial charge in [-0.2, -0.15) is 0 Å². The van der Waals surface area contributed by atoms with Crippen molar-refractivity contribution in [2.45, 2.75) is 5.41 Å². The molecule has 0 saturated heterocycles. The summed E-state index contributed by atoms with van der Waals surface area (Å²) in [6.07, 6.45) is 0. The maximum Gasteiger partial charge on any atom is 0.143 e. The van der Waals surface area contributed by atoms with Gasteiger partial charge < -0.3 is 9.32 Å². The lowest BCUT2D eigenvalue weighted by Gasteiger charge is -2.34. The van der Waals surface area contributed by atoms with Gasteiger partial charge in [-0.15, -0.1) is 0 Å². The topological polar surface area (TPSA) is 16.4 Å².